The van der Waals surface area contributed by atoms with Gasteiger partial charge >= 0.3 is 0 Å². The number of rotatable bonds is 2. The van der Waals surface area contributed by atoms with E-state index in [2.05, 4.69) is 0 Å². The van der Waals surface area contributed by atoms with Crippen molar-refractivity contribution >= 4 is 11.6 Å². The number of carbonyl (C=O) groups is 2. The summed E-state index contributed by atoms with van der Waals surface area (Å²) in [5, 5.41) is 29.3. The summed E-state index contributed by atoms with van der Waals surface area (Å²) in [4.78, 5) is 25.4. The Morgan fingerprint density at radius 1 is 0.654 bits per heavy atom. The van der Waals surface area contributed by atoms with Crippen LogP contribution in [0.15, 0.2) is 54.6 Å². The molecule has 128 valence electrons. The number of fused-ring (bicyclic) bond motifs is 2. The number of hydrogen-bond acceptors (Lipinski definition) is 5. The first kappa shape index (κ1) is 15.9. The van der Waals surface area contributed by atoms with E-state index in [-0.39, 0.29) is 40.8 Å². The van der Waals surface area contributed by atoms with E-state index in [0.29, 0.717) is 27.8 Å². The molecule has 0 saturated carbocycles. The first-order valence-electron chi connectivity index (χ1n) is 8.01. The molecule has 0 aliphatic heterocycles. The van der Waals surface area contributed by atoms with Gasteiger partial charge in [-0.1, -0.05) is 36.4 Å². The number of aromatic hydroxyl groups is 3. The number of benzene rings is 3. The van der Waals surface area contributed by atoms with Crippen LogP contribution in [-0.4, -0.2) is 26.9 Å². The molecule has 0 spiro atoms. The average molecular weight is 346 g/mol. The van der Waals surface area contributed by atoms with Crippen LogP contribution in [0, 0.1) is 0 Å². The molecule has 4 rings (SSSR count). The second-order valence-electron chi connectivity index (χ2n) is 6.22. The second-order valence-corrected chi connectivity index (χ2v) is 6.22. The smallest absolute Gasteiger partial charge is 0.194 e. The lowest BCUT2D eigenvalue weighted by Gasteiger charge is -2.18. The lowest BCUT2D eigenvalue weighted by Crippen LogP contribution is -2.21. The largest absolute Gasteiger partial charge is 0.508 e. The highest BCUT2D eigenvalue weighted by molar-refractivity contribution is 6.28. The third-order valence-corrected chi connectivity index (χ3v) is 4.56. The summed E-state index contributed by atoms with van der Waals surface area (Å²) in [5.74, 6) is -1.15. The van der Waals surface area contributed by atoms with Gasteiger partial charge in [0.05, 0.1) is 0 Å². The zero-order chi connectivity index (χ0) is 18.4. The van der Waals surface area contributed by atoms with Crippen molar-refractivity contribution in [1.29, 1.82) is 0 Å². The maximum atomic E-state index is 12.8. The lowest BCUT2D eigenvalue weighted by molar-refractivity contribution is 0.0979. The van der Waals surface area contributed by atoms with Gasteiger partial charge in [0.1, 0.15) is 17.2 Å². The van der Waals surface area contributed by atoms with Crippen molar-refractivity contribution in [2.45, 2.75) is 6.42 Å². The third-order valence-electron chi connectivity index (χ3n) is 4.56. The van der Waals surface area contributed by atoms with Crippen molar-refractivity contribution in [3.63, 3.8) is 0 Å². The van der Waals surface area contributed by atoms with Gasteiger partial charge in [0.15, 0.2) is 11.6 Å². The van der Waals surface area contributed by atoms with Gasteiger partial charge in [-0.3, -0.25) is 9.59 Å². The predicted octanol–water partition coefficient (Wildman–Crippen LogP) is 3.17. The summed E-state index contributed by atoms with van der Waals surface area (Å²) >= 11 is 0. The monoisotopic (exact) mass is 346 g/mol. The van der Waals surface area contributed by atoms with E-state index in [0.717, 1.165) is 12.1 Å². The Morgan fingerprint density at radius 2 is 1.19 bits per heavy atom. The van der Waals surface area contributed by atoms with E-state index in [4.69, 9.17) is 0 Å². The maximum Gasteiger partial charge on any atom is 0.194 e. The van der Waals surface area contributed by atoms with Crippen LogP contribution in [0.25, 0.3) is 0 Å². The van der Waals surface area contributed by atoms with E-state index >= 15 is 0 Å². The van der Waals surface area contributed by atoms with Crippen LogP contribution >= 0.6 is 0 Å². The van der Waals surface area contributed by atoms with E-state index in [1.165, 1.54) is 0 Å². The Labute approximate surface area is 148 Å². The predicted molar refractivity (Wildman–Crippen MR) is 94.0 cm³/mol. The van der Waals surface area contributed by atoms with E-state index in [1.807, 2.05) is 0 Å². The Balaban J connectivity index is 1.77. The Kier molecular flexibility index (Phi) is 3.51. The van der Waals surface area contributed by atoms with Crippen LogP contribution < -0.4 is 0 Å². The van der Waals surface area contributed by atoms with Gasteiger partial charge in [-0.2, -0.15) is 0 Å². The summed E-state index contributed by atoms with van der Waals surface area (Å²) in [6.45, 7) is 0. The molecule has 0 heterocycles. The zero-order valence-electron chi connectivity index (χ0n) is 13.6. The minimum absolute atomic E-state index is 0.147. The SMILES string of the molecule is O=C1c2ccccc2C(=O)c2cc(Cc3c(O)cc(O)cc3O)ccc21. The molecule has 26 heavy (non-hydrogen) atoms. The van der Waals surface area contributed by atoms with E-state index < -0.39 is 0 Å². The minimum atomic E-state index is -0.244. The Morgan fingerprint density at radius 3 is 1.81 bits per heavy atom. The topological polar surface area (TPSA) is 94.8 Å². The molecule has 0 saturated heterocycles. The highest BCUT2D eigenvalue weighted by Gasteiger charge is 2.29. The molecular weight excluding hydrogens is 332 g/mol. The van der Waals surface area contributed by atoms with Crippen LogP contribution in [0.5, 0.6) is 17.2 Å². The molecule has 5 nitrogen and oxygen atoms in total. The fourth-order valence-electron chi connectivity index (χ4n) is 3.27. The van der Waals surface area contributed by atoms with Gasteiger partial charge in [-0.05, 0) is 11.6 Å². The number of carbonyl (C=O) groups excluding carboxylic acids is 2. The number of phenolic OH excluding ortho intramolecular Hbond substituents is 3. The van der Waals surface area contributed by atoms with Gasteiger partial charge in [-0.25, -0.2) is 0 Å². The highest BCUT2D eigenvalue weighted by atomic mass is 16.3. The van der Waals surface area contributed by atoms with Gasteiger partial charge in [0.2, 0.25) is 0 Å². The molecule has 0 aromatic heterocycles. The van der Waals surface area contributed by atoms with Crippen molar-refractivity contribution in [3.05, 3.63) is 88.0 Å². The molecule has 5 heteroatoms. The van der Waals surface area contributed by atoms with Crippen LogP contribution in [0.4, 0.5) is 0 Å². The first-order chi connectivity index (χ1) is 12.5. The summed E-state index contributed by atoms with van der Waals surface area (Å²) in [7, 11) is 0. The molecule has 3 aromatic carbocycles. The quantitative estimate of drug-likeness (QED) is 0.518. The van der Waals surface area contributed by atoms with Crippen molar-refractivity contribution in [3.8, 4) is 17.2 Å². The Hall–Kier alpha value is -3.60. The standard InChI is InChI=1S/C21H14O5/c22-12-9-18(23)17(19(24)10-12)8-11-5-6-15-16(7-11)21(26)14-4-2-1-3-13(14)20(15)25/h1-7,9-10,22-24H,8H2. The van der Waals surface area contributed by atoms with Gasteiger partial charge in [0.25, 0.3) is 0 Å². The van der Waals surface area contributed by atoms with Crippen molar-refractivity contribution in [2.24, 2.45) is 0 Å². The van der Waals surface area contributed by atoms with E-state index in [1.54, 1.807) is 42.5 Å². The van der Waals surface area contributed by atoms with Gasteiger partial charge in [0, 0.05) is 46.4 Å². The van der Waals surface area contributed by atoms with E-state index in [9.17, 15) is 24.9 Å². The summed E-state index contributed by atoms with van der Waals surface area (Å²) in [6.07, 6.45) is 0.147. The zero-order valence-corrected chi connectivity index (χ0v) is 13.6. The lowest BCUT2D eigenvalue weighted by atomic mass is 9.83. The summed E-state index contributed by atoms with van der Waals surface area (Å²) in [6, 6.07) is 13.9. The normalized spacial score (nSPS) is 12.6. The first-order valence-corrected chi connectivity index (χ1v) is 8.01. The molecule has 0 amide bonds. The second kappa shape index (κ2) is 5.74. The fraction of sp³-hybridized carbons (Fsp3) is 0.0476. The minimum Gasteiger partial charge on any atom is -0.508 e. The third kappa shape index (κ3) is 2.41. The molecule has 0 bridgehead atoms. The van der Waals surface area contributed by atoms with Crippen molar-refractivity contribution in [2.75, 3.05) is 0 Å². The number of ketones is 2. The molecule has 3 N–H and O–H groups in total. The molecule has 3 aromatic rings. The van der Waals surface area contributed by atoms with Crippen LogP contribution in [0.2, 0.25) is 0 Å². The molecule has 1 aliphatic carbocycles. The molecule has 1 aliphatic rings. The molecular formula is C21H14O5. The summed E-state index contributed by atoms with van der Waals surface area (Å²) < 4.78 is 0. The molecule has 0 fully saturated rings. The van der Waals surface area contributed by atoms with Gasteiger partial charge < -0.3 is 15.3 Å². The van der Waals surface area contributed by atoms with Crippen LogP contribution in [-0.2, 0) is 6.42 Å². The van der Waals surface area contributed by atoms with Crippen molar-refractivity contribution in [1.82, 2.24) is 0 Å². The average Bonchev–Trinajstić information content (AvgIpc) is 2.62. The number of hydrogen-bond donors (Lipinski definition) is 3. The molecule has 0 unspecified atom stereocenters. The van der Waals surface area contributed by atoms with Crippen LogP contribution in [0.3, 0.4) is 0 Å². The molecule has 0 radical (unpaired) electrons. The van der Waals surface area contributed by atoms with Crippen LogP contribution in [0.1, 0.15) is 43.0 Å². The highest BCUT2D eigenvalue weighted by Crippen LogP contribution is 2.35. The molecule has 0 atom stereocenters. The Bertz CT molecular complexity index is 1060. The number of phenols is 3. The fourth-order valence-corrected chi connectivity index (χ4v) is 3.27. The van der Waals surface area contributed by atoms with Crippen molar-refractivity contribution < 1.29 is 24.9 Å². The van der Waals surface area contributed by atoms with Gasteiger partial charge in [-0.15, -0.1) is 0 Å². The summed E-state index contributed by atoms with van der Waals surface area (Å²) in [5.41, 5.74) is 2.31. The maximum absolute atomic E-state index is 12.8.